The molecule has 1 fully saturated rings. The van der Waals surface area contributed by atoms with E-state index in [0.29, 0.717) is 10.2 Å². The van der Waals surface area contributed by atoms with E-state index in [1.807, 2.05) is 38.1 Å². The minimum absolute atomic E-state index is 0.0140. The third-order valence-corrected chi connectivity index (χ3v) is 3.90. The molecule has 0 spiro atoms. The van der Waals surface area contributed by atoms with Crippen molar-refractivity contribution in [2.45, 2.75) is 25.1 Å². The highest BCUT2D eigenvalue weighted by Crippen LogP contribution is 2.27. The van der Waals surface area contributed by atoms with Crippen molar-refractivity contribution in [2.24, 2.45) is 4.99 Å². The van der Waals surface area contributed by atoms with Crippen LogP contribution in [0.2, 0.25) is 5.02 Å². The minimum Gasteiger partial charge on any atom is -0.304 e. The number of aliphatic imine (C=N–C) groups is 1. The normalized spacial score (nSPS) is 23.8. The van der Waals surface area contributed by atoms with Gasteiger partial charge in [-0.25, -0.2) is 0 Å². The number of carbonyl (C=O) groups excluding carboxylic acids is 1. The maximum absolute atomic E-state index is 11.3. The Kier molecular flexibility index (Phi) is 3.74. The molecule has 0 radical (unpaired) electrons. The minimum atomic E-state index is -0.0628. The lowest BCUT2D eigenvalue weighted by molar-refractivity contribution is -0.118. The lowest BCUT2D eigenvalue weighted by Crippen LogP contribution is -2.23. The van der Waals surface area contributed by atoms with E-state index in [9.17, 15) is 4.79 Å². The first-order chi connectivity index (χ1) is 8.08. The number of nitrogens with zero attached hydrogens (tertiary/aromatic N) is 1. The summed E-state index contributed by atoms with van der Waals surface area (Å²) in [5.74, 6) is 0.0140. The van der Waals surface area contributed by atoms with Crippen molar-refractivity contribution in [3.8, 4) is 0 Å². The summed E-state index contributed by atoms with van der Waals surface area (Å²) in [4.78, 5) is 15.8. The summed E-state index contributed by atoms with van der Waals surface area (Å²) in [6.07, 6.45) is 0. The fraction of sp³-hybridized carbons (Fsp3) is 0.333. The molecule has 3 nitrogen and oxygen atoms in total. The quantitative estimate of drug-likeness (QED) is 0.896. The van der Waals surface area contributed by atoms with E-state index in [2.05, 4.69) is 10.3 Å². The van der Waals surface area contributed by atoms with Crippen molar-refractivity contribution >= 4 is 34.4 Å². The van der Waals surface area contributed by atoms with Gasteiger partial charge in [-0.3, -0.25) is 9.79 Å². The fourth-order valence-electron chi connectivity index (χ4n) is 1.58. The van der Waals surface area contributed by atoms with Crippen LogP contribution in [-0.4, -0.2) is 16.3 Å². The van der Waals surface area contributed by atoms with Gasteiger partial charge in [0.05, 0.1) is 11.3 Å². The largest absolute Gasteiger partial charge is 0.304 e. The zero-order valence-corrected chi connectivity index (χ0v) is 11.2. The van der Waals surface area contributed by atoms with E-state index < -0.39 is 0 Å². The molecule has 90 valence electrons. The number of amidine groups is 1. The molecule has 0 saturated carbocycles. The maximum atomic E-state index is 11.3. The Morgan fingerprint density at radius 2 is 2.18 bits per heavy atom. The van der Waals surface area contributed by atoms with Crippen molar-refractivity contribution in [1.29, 1.82) is 0 Å². The summed E-state index contributed by atoms with van der Waals surface area (Å²) < 4.78 is 0. The SMILES string of the molecule is CC1SC(=N[C@@H](C)c2ccccc2Cl)NC1=O. The summed E-state index contributed by atoms with van der Waals surface area (Å²) in [5.41, 5.74) is 0.969. The van der Waals surface area contributed by atoms with Crippen LogP contribution >= 0.6 is 23.4 Å². The summed E-state index contributed by atoms with van der Waals surface area (Å²) in [6, 6.07) is 7.55. The molecule has 0 bridgehead atoms. The zero-order chi connectivity index (χ0) is 12.4. The van der Waals surface area contributed by atoms with Crippen molar-refractivity contribution in [3.63, 3.8) is 0 Å². The van der Waals surface area contributed by atoms with Crippen LogP contribution in [-0.2, 0) is 4.79 Å². The van der Waals surface area contributed by atoms with Gasteiger partial charge in [-0.15, -0.1) is 0 Å². The number of halogens is 1. The molecule has 1 aromatic carbocycles. The zero-order valence-electron chi connectivity index (χ0n) is 9.61. The van der Waals surface area contributed by atoms with Gasteiger partial charge in [0.25, 0.3) is 0 Å². The third-order valence-electron chi connectivity index (χ3n) is 2.55. The highest BCUT2D eigenvalue weighted by molar-refractivity contribution is 8.15. The predicted octanol–water partition coefficient (Wildman–Crippen LogP) is 3.01. The third kappa shape index (κ3) is 2.82. The lowest BCUT2D eigenvalue weighted by atomic mass is 10.1. The van der Waals surface area contributed by atoms with Gasteiger partial charge in [0, 0.05) is 5.02 Å². The van der Waals surface area contributed by atoms with Gasteiger partial charge in [0.1, 0.15) is 0 Å². The summed E-state index contributed by atoms with van der Waals surface area (Å²) >= 11 is 7.55. The van der Waals surface area contributed by atoms with Gasteiger partial charge >= 0.3 is 0 Å². The predicted molar refractivity (Wildman–Crippen MR) is 72.5 cm³/mol. The number of benzene rings is 1. The van der Waals surface area contributed by atoms with Gasteiger partial charge in [0.2, 0.25) is 5.91 Å². The Labute approximate surface area is 110 Å². The molecular formula is C12H13ClN2OS. The second-order valence-corrected chi connectivity index (χ2v) is 5.62. The van der Waals surface area contributed by atoms with Crippen LogP contribution in [0.3, 0.4) is 0 Å². The van der Waals surface area contributed by atoms with Gasteiger partial charge in [-0.2, -0.15) is 0 Å². The van der Waals surface area contributed by atoms with E-state index in [-0.39, 0.29) is 17.2 Å². The molecule has 5 heteroatoms. The van der Waals surface area contributed by atoms with Crippen molar-refractivity contribution in [2.75, 3.05) is 0 Å². The van der Waals surface area contributed by atoms with Gasteiger partial charge in [-0.1, -0.05) is 41.6 Å². The monoisotopic (exact) mass is 268 g/mol. The standard InChI is InChI=1S/C12H13ClN2OS/c1-7(9-5-3-4-6-10(9)13)14-12-15-11(16)8(2)17-12/h3-8H,1-2H3,(H,14,15,16)/t7-,8?/m0/s1. The van der Waals surface area contributed by atoms with E-state index in [1.54, 1.807) is 0 Å². The second-order valence-electron chi connectivity index (χ2n) is 3.88. The molecule has 1 N–H and O–H groups in total. The first kappa shape index (κ1) is 12.5. The molecule has 1 amide bonds. The number of nitrogens with one attached hydrogen (secondary N) is 1. The summed E-state index contributed by atoms with van der Waals surface area (Å²) in [5, 5.41) is 4.07. The first-order valence-electron chi connectivity index (χ1n) is 5.37. The van der Waals surface area contributed by atoms with Crippen LogP contribution in [0.5, 0.6) is 0 Å². The molecule has 0 aromatic heterocycles. The molecule has 1 aromatic rings. The number of rotatable bonds is 2. The smallest absolute Gasteiger partial charge is 0.239 e. The molecule has 2 rings (SSSR count). The van der Waals surface area contributed by atoms with Crippen LogP contribution < -0.4 is 5.32 Å². The number of amides is 1. The Hall–Kier alpha value is -1.00. The van der Waals surface area contributed by atoms with Crippen molar-refractivity contribution in [3.05, 3.63) is 34.9 Å². The molecule has 1 aliphatic rings. The molecular weight excluding hydrogens is 256 g/mol. The lowest BCUT2D eigenvalue weighted by Gasteiger charge is -2.09. The Morgan fingerprint density at radius 3 is 2.76 bits per heavy atom. The fourth-order valence-corrected chi connectivity index (χ4v) is 2.75. The molecule has 1 saturated heterocycles. The highest BCUT2D eigenvalue weighted by atomic mass is 35.5. The van der Waals surface area contributed by atoms with Crippen LogP contribution in [0.25, 0.3) is 0 Å². The number of carbonyl (C=O) groups is 1. The van der Waals surface area contributed by atoms with Gasteiger partial charge < -0.3 is 5.32 Å². The maximum Gasteiger partial charge on any atom is 0.239 e. The average molecular weight is 269 g/mol. The summed E-state index contributed by atoms with van der Waals surface area (Å²) in [7, 11) is 0. The van der Waals surface area contributed by atoms with Gasteiger partial charge in [-0.05, 0) is 25.5 Å². The number of thioether (sulfide) groups is 1. The molecule has 1 heterocycles. The first-order valence-corrected chi connectivity index (χ1v) is 6.63. The molecule has 0 aliphatic carbocycles. The topological polar surface area (TPSA) is 41.5 Å². The average Bonchev–Trinajstić information content (AvgIpc) is 2.58. The molecule has 1 aliphatic heterocycles. The van der Waals surface area contributed by atoms with Crippen LogP contribution in [0, 0.1) is 0 Å². The number of hydrogen-bond acceptors (Lipinski definition) is 3. The molecule has 2 atom stereocenters. The summed E-state index contributed by atoms with van der Waals surface area (Å²) in [6.45, 7) is 3.83. The Balaban J connectivity index is 2.17. The highest BCUT2D eigenvalue weighted by Gasteiger charge is 2.26. The molecule has 17 heavy (non-hydrogen) atoms. The van der Waals surface area contributed by atoms with Crippen molar-refractivity contribution in [1.82, 2.24) is 5.32 Å². The second kappa shape index (κ2) is 5.10. The van der Waals surface area contributed by atoms with E-state index in [0.717, 1.165) is 5.56 Å². The van der Waals surface area contributed by atoms with E-state index >= 15 is 0 Å². The Bertz CT molecular complexity index is 475. The van der Waals surface area contributed by atoms with Gasteiger partial charge in [0.15, 0.2) is 5.17 Å². The Morgan fingerprint density at radius 1 is 1.47 bits per heavy atom. The van der Waals surface area contributed by atoms with E-state index in [1.165, 1.54) is 11.8 Å². The van der Waals surface area contributed by atoms with E-state index in [4.69, 9.17) is 11.6 Å². The van der Waals surface area contributed by atoms with Crippen molar-refractivity contribution < 1.29 is 4.79 Å². The van der Waals surface area contributed by atoms with Crippen LogP contribution in [0.15, 0.2) is 29.3 Å². The van der Waals surface area contributed by atoms with Crippen LogP contribution in [0.4, 0.5) is 0 Å². The molecule has 1 unspecified atom stereocenters. The number of hydrogen-bond donors (Lipinski definition) is 1. The van der Waals surface area contributed by atoms with Crippen LogP contribution in [0.1, 0.15) is 25.5 Å².